The second-order valence-corrected chi connectivity index (χ2v) is 9.77. The minimum absolute atomic E-state index is 0.107. The third-order valence-corrected chi connectivity index (χ3v) is 6.84. The Morgan fingerprint density at radius 2 is 1.76 bits per heavy atom. The Bertz CT molecular complexity index is 1460. The zero-order valence-electron chi connectivity index (χ0n) is 20.9. The third-order valence-electron chi connectivity index (χ3n) is 6.84. The normalized spacial score (nSPS) is 14.8. The van der Waals surface area contributed by atoms with Crippen LogP contribution in [0, 0.1) is 0 Å². The van der Waals surface area contributed by atoms with Crippen molar-refractivity contribution in [3.05, 3.63) is 77.5 Å². The van der Waals surface area contributed by atoms with Crippen molar-refractivity contribution in [1.82, 2.24) is 24.6 Å². The molecule has 3 heterocycles. The number of nitrogens with one attached hydrogen (secondary N) is 2. The third kappa shape index (κ3) is 5.27. The zero-order valence-corrected chi connectivity index (χ0v) is 20.9. The molecule has 8 nitrogen and oxygen atoms in total. The lowest BCUT2D eigenvalue weighted by Crippen LogP contribution is -2.38. The Balaban J connectivity index is 1.18. The smallest absolute Gasteiger partial charge is 0.351 e. The van der Waals surface area contributed by atoms with E-state index in [1.54, 1.807) is 9.58 Å². The van der Waals surface area contributed by atoms with Crippen LogP contribution in [-0.4, -0.2) is 49.6 Å². The second kappa shape index (κ2) is 9.96. The number of hydrogen-bond acceptors (Lipinski definition) is 4. The van der Waals surface area contributed by atoms with E-state index in [1.165, 1.54) is 18.5 Å². The van der Waals surface area contributed by atoms with Crippen LogP contribution in [0.1, 0.15) is 70.9 Å². The summed E-state index contributed by atoms with van der Waals surface area (Å²) in [4.78, 5) is 34.2. The van der Waals surface area contributed by atoms with E-state index in [-0.39, 0.29) is 35.3 Å². The van der Waals surface area contributed by atoms with Gasteiger partial charge in [0.2, 0.25) is 5.82 Å². The van der Waals surface area contributed by atoms with Crippen molar-refractivity contribution in [2.75, 3.05) is 18.4 Å². The molecule has 38 heavy (non-hydrogen) atoms. The fourth-order valence-electron chi connectivity index (χ4n) is 4.66. The number of anilines is 1. The molecular formula is C27H27F3N6O2. The monoisotopic (exact) mass is 524 g/mol. The molecule has 1 saturated heterocycles. The molecule has 5 rings (SSSR count). The maximum Gasteiger partial charge on any atom is 0.416 e. The number of hydrogen-bond donors (Lipinski definition) is 2. The summed E-state index contributed by atoms with van der Waals surface area (Å²) in [7, 11) is 0. The van der Waals surface area contributed by atoms with Crippen molar-refractivity contribution in [2.45, 2.75) is 44.8 Å². The van der Waals surface area contributed by atoms with Crippen LogP contribution in [0.4, 0.5) is 18.9 Å². The number of carbonyl (C=O) groups is 2. The van der Waals surface area contributed by atoms with Gasteiger partial charge in [0.25, 0.3) is 11.8 Å². The van der Waals surface area contributed by atoms with Crippen LogP contribution in [0.2, 0.25) is 0 Å². The van der Waals surface area contributed by atoms with Crippen molar-refractivity contribution in [3.8, 4) is 0 Å². The number of nitrogens with zero attached hydrogens (tertiary/aromatic N) is 4. The van der Waals surface area contributed by atoms with Gasteiger partial charge in [-0.05, 0) is 74.6 Å². The Labute approximate surface area is 216 Å². The molecule has 0 spiro atoms. The highest BCUT2D eigenvalue weighted by Gasteiger charge is 2.31. The number of likely N-dealkylation sites (tertiary alicyclic amines) is 1. The number of rotatable bonds is 5. The first-order valence-electron chi connectivity index (χ1n) is 12.4. The summed E-state index contributed by atoms with van der Waals surface area (Å²) in [6.45, 7) is 4.98. The van der Waals surface area contributed by atoms with Crippen LogP contribution >= 0.6 is 0 Å². The highest BCUT2D eigenvalue weighted by atomic mass is 19.4. The molecule has 1 aliphatic rings. The second-order valence-electron chi connectivity index (χ2n) is 9.77. The molecule has 0 saturated carbocycles. The first-order valence-corrected chi connectivity index (χ1v) is 12.4. The van der Waals surface area contributed by atoms with Crippen molar-refractivity contribution >= 4 is 28.4 Å². The molecule has 0 radical (unpaired) electrons. The van der Waals surface area contributed by atoms with Gasteiger partial charge in [-0.25, -0.2) is 9.67 Å². The van der Waals surface area contributed by atoms with Gasteiger partial charge in [-0.15, -0.1) is 5.10 Å². The molecule has 1 aliphatic heterocycles. The van der Waals surface area contributed by atoms with Gasteiger partial charge in [0, 0.05) is 35.7 Å². The number of aromatic nitrogens is 4. The van der Waals surface area contributed by atoms with Crippen molar-refractivity contribution < 1.29 is 22.8 Å². The number of carbonyl (C=O) groups excluding carboxylic acids is 2. The molecule has 2 amide bonds. The summed E-state index contributed by atoms with van der Waals surface area (Å²) in [5.41, 5.74) is 1.79. The molecular weight excluding hydrogens is 497 g/mol. The van der Waals surface area contributed by atoms with Gasteiger partial charge >= 0.3 is 6.18 Å². The van der Waals surface area contributed by atoms with E-state index in [0.717, 1.165) is 30.5 Å². The number of benzene rings is 2. The molecule has 0 unspecified atom stereocenters. The van der Waals surface area contributed by atoms with Crippen molar-refractivity contribution in [3.63, 3.8) is 0 Å². The fraction of sp³-hybridized carbons (Fsp3) is 0.333. The Kier molecular flexibility index (Phi) is 6.68. The molecule has 0 atom stereocenters. The summed E-state index contributed by atoms with van der Waals surface area (Å²) < 4.78 is 40.7. The number of aromatic amines is 1. The Hall–Kier alpha value is -4.15. The number of fused-ring (bicyclic) bond motifs is 1. The molecule has 0 bridgehead atoms. The van der Waals surface area contributed by atoms with E-state index in [2.05, 4.69) is 20.4 Å². The predicted octanol–water partition coefficient (Wildman–Crippen LogP) is 5.63. The van der Waals surface area contributed by atoms with Crippen LogP contribution in [0.15, 0.2) is 54.9 Å². The Morgan fingerprint density at radius 1 is 1.05 bits per heavy atom. The molecule has 2 N–H and O–H groups in total. The van der Waals surface area contributed by atoms with Gasteiger partial charge < -0.3 is 15.2 Å². The molecule has 1 fully saturated rings. The number of amides is 2. The van der Waals surface area contributed by atoms with Gasteiger partial charge in [-0.3, -0.25) is 9.59 Å². The summed E-state index contributed by atoms with van der Waals surface area (Å²) in [6, 6.07) is 12.6. The number of halogens is 3. The molecule has 0 aliphatic carbocycles. The van der Waals surface area contributed by atoms with Crippen LogP contribution in [-0.2, 0) is 6.18 Å². The highest BCUT2D eigenvalue weighted by Crippen LogP contribution is 2.33. The van der Waals surface area contributed by atoms with Gasteiger partial charge in [-0.2, -0.15) is 13.2 Å². The minimum atomic E-state index is -4.43. The van der Waals surface area contributed by atoms with E-state index >= 15 is 0 Å². The van der Waals surface area contributed by atoms with Gasteiger partial charge in [-0.1, -0.05) is 12.1 Å². The first-order chi connectivity index (χ1) is 18.1. The molecule has 2 aromatic heterocycles. The average Bonchev–Trinajstić information content (AvgIpc) is 3.56. The van der Waals surface area contributed by atoms with Crippen molar-refractivity contribution in [2.24, 2.45) is 0 Å². The van der Waals surface area contributed by atoms with Crippen LogP contribution in [0.3, 0.4) is 0 Å². The maximum absolute atomic E-state index is 13.0. The van der Waals surface area contributed by atoms with Crippen LogP contribution in [0.5, 0.6) is 0 Å². The van der Waals surface area contributed by atoms with Gasteiger partial charge in [0.1, 0.15) is 12.0 Å². The number of alkyl halides is 3. The predicted molar refractivity (Wildman–Crippen MR) is 136 cm³/mol. The lowest BCUT2D eigenvalue weighted by Gasteiger charge is -2.32. The van der Waals surface area contributed by atoms with Crippen LogP contribution in [0.25, 0.3) is 10.9 Å². The summed E-state index contributed by atoms with van der Waals surface area (Å²) in [6.07, 6.45) is -1.39. The lowest BCUT2D eigenvalue weighted by molar-refractivity contribution is -0.137. The molecule has 4 aromatic rings. The zero-order chi connectivity index (χ0) is 27.0. The van der Waals surface area contributed by atoms with E-state index < -0.39 is 11.7 Å². The average molecular weight is 525 g/mol. The summed E-state index contributed by atoms with van der Waals surface area (Å²) in [5, 5.41) is 7.34. The molecule has 198 valence electrons. The van der Waals surface area contributed by atoms with Crippen LogP contribution < -0.4 is 5.32 Å². The Morgan fingerprint density at radius 3 is 2.39 bits per heavy atom. The highest BCUT2D eigenvalue weighted by molar-refractivity contribution is 6.01. The van der Waals surface area contributed by atoms with E-state index in [0.29, 0.717) is 29.7 Å². The number of H-pyrrole nitrogens is 1. The topological polar surface area (TPSA) is 95.9 Å². The van der Waals surface area contributed by atoms with Crippen molar-refractivity contribution in [1.29, 1.82) is 0 Å². The van der Waals surface area contributed by atoms with E-state index in [1.807, 2.05) is 38.1 Å². The SMILES string of the molecule is CC(C)n1cnc(C(=O)Nc2ccc(C3CCN(C(=O)c4cc5cc(C(F)(F)F)ccc5[nH]4)CC3)cc2)n1. The number of piperidine rings is 1. The van der Waals surface area contributed by atoms with E-state index in [9.17, 15) is 22.8 Å². The molecule has 11 heteroatoms. The van der Waals surface area contributed by atoms with Gasteiger partial charge in [0.15, 0.2) is 0 Å². The van der Waals surface area contributed by atoms with Gasteiger partial charge in [0.05, 0.1) is 5.56 Å². The minimum Gasteiger partial charge on any atom is -0.351 e. The maximum atomic E-state index is 13.0. The fourth-order valence-corrected chi connectivity index (χ4v) is 4.66. The van der Waals surface area contributed by atoms with E-state index in [4.69, 9.17) is 0 Å². The summed E-state index contributed by atoms with van der Waals surface area (Å²) >= 11 is 0. The quantitative estimate of drug-likeness (QED) is 0.354. The lowest BCUT2D eigenvalue weighted by atomic mass is 9.89. The standard InChI is InChI=1S/C27H27F3N6O2/c1-16(2)36-15-31-24(34-36)25(37)32-21-6-3-17(4-7-21)18-9-11-35(12-10-18)26(38)23-14-19-13-20(27(28,29)30)5-8-22(19)33-23/h3-8,13-16,18,33H,9-12H2,1-2H3,(H,32,37). The summed E-state index contributed by atoms with van der Waals surface area (Å²) in [5.74, 6) is -0.241. The molecule has 2 aromatic carbocycles. The first kappa shape index (κ1) is 25.5. The largest absolute Gasteiger partial charge is 0.416 e.